The van der Waals surface area contributed by atoms with E-state index in [-0.39, 0.29) is 25.6 Å². The molecule has 1 aromatic carbocycles. The summed E-state index contributed by atoms with van der Waals surface area (Å²) >= 11 is 0. The molecule has 4 atom stereocenters. The van der Waals surface area contributed by atoms with Crippen LogP contribution in [0.5, 0.6) is 0 Å². The molecule has 1 aromatic rings. The molecule has 2 bridgehead atoms. The Bertz CT molecular complexity index is 762. The molecular formula is C18H18N2O5. The number of ether oxygens (including phenoxy) is 2. The van der Waals surface area contributed by atoms with Gasteiger partial charge in [0.1, 0.15) is 18.1 Å². The highest BCUT2D eigenvalue weighted by Crippen LogP contribution is 2.52. The predicted octanol–water partition coefficient (Wildman–Crippen LogP) is -0.00290. The summed E-state index contributed by atoms with van der Waals surface area (Å²) in [6.07, 6.45) is 3.15. The highest BCUT2D eigenvalue weighted by molar-refractivity contribution is 5.93. The summed E-state index contributed by atoms with van der Waals surface area (Å²) in [6, 6.07) is 9.34. The fraction of sp³-hybridized carbons (Fsp3) is 0.389. The second-order valence-corrected chi connectivity index (χ2v) is 6.65. The normalized spacial score (nSPS) is 32.1. The van der Waals surface area contributed by atoms with E-state index in [1.807, 2.05) is 36.4 Å². The SMILES string of the molecule is NC(=O)CN1C[C@@]23C=C[C@@H](O2)[C@@H](C(=O)OCc2ccccc2)[C@H]3C1=O. The van der Waals surface area contributed by atoms with Crippen molar-refractivity contribution in [3.63, 3.8) is 0 Å². The fourth-order valence-electron chi connectivity index (χ4n) is 3.99. The molecule has 1 spiro atoms. The van der Waals surface area contributed by atoms with E-state index in [2.05, 4.69) is 0 Å². The van der Waals surface area contributed by atoms with E-state index < -0.39 is 35.4 Å². The van der Waals surface area contributed by atoms with Crippen molar-refractivity contribution in [3.05, 3.63) is 48.0 Å². The number of esters is 1. The highest BCUT2D eigenvalue weighted by atomic mass is 16.6. The molecule has 7 nitrogen and oxygen atoms in total. The lowest BCUT2D eigenvalue weighted by Gasteiger charge is -2.22. The summed E-state index contributed by atoms with van der Waals surface area (Å²) in [4.78, 5) is 37.9. The minimum atomic E-state index is -0.854. The molecule has 130 valence electrons. The van der Waals surface area contributed by atoms with E-state index in [0.29, 0.717) is 0 Å². The lowest BCUT2D eigenvalue weighted by molar-refractivity contribution is -0.155. The zero-order valence-electron chi connectivity index (χ0n) is 13.5. The predicted molar refractivity (Wildman–Crippen MR) is 85.7 cm³/mol. The van der Waals surface area contributed by atoms with E-state index in [4.69, 9.17) is 15.2 Å². The summed E-state index contributed by atoms with van der Waals surface area (Å²) in [5.41, 5.74) is 5.22. The first-order chi connectivity index (χ1) is 12.0. The van der Waals surface area contributed by atoms with Crippen LogP contribution in [0.4, 0.5) is 0 Å². The first kappa shape index (κ1) is 15.8. The maximum Gasteiger partial charge on any atom is 0.313 e. The molecule has 4 rings (SSSR count). The van der Waals surface area contributed by atoms with Crippen molar-refractivity contribution in [2.75, 3.05) is 13.1 Å². The van der Waals surface area contributed by atoms with Crippen molar-refractivity contribution < 1.29 is 23.9 Å². The number of primary amides is 1. The van der Waals surface area contributed by atoms with Crippen LogP contribution in [0.2, 0.25) is 0 Å². The summed E-state index contributed by atoms with van der Waals surface area (Å²) in [5, 5.41) is 0. The number of carbonyl (C=O) groups is 3. The summed E-state index contributed by atoms with van der Waals surface area (Å²) in [6.45, 7) is 0.200. The van der Waals surface area contributed by atoms with Crippen LogP contribution in [0.1, 0.15) is 5.56 Å². The molecule has 7 heteroatoms. The van der Waals surface area contributed by atoms with Crippen molar-refractivity contribution in [2.24, 2.45) is 17.6 Å². The first-order valence-corrected chi connectivity index (χ1v) is 8.15. The standard InChI is InChI=1S/C18H18N2O5/c19-13(21)8-20-10-18-7-6-12(25-18)14(15(18)16(20)22)17(23)24-9-11-4-2-1-3-5-11/h1-7,12,14-15H,8-10H2,(H2,19,21)/t12-,14-,15+,18-/m1/s1. The third-order valence-electron chi connectivity index (χ3n) is 5.02. The average molecular weight is 342 g/mol. The smallest absolute Gasteiger partial charge is 0.313 e. The number of nitrogens with zero attached hydrogens (tertiary/aromatic N) is 1. The van der Waals surface area contributed by atoms with Crippen LogP contribution in [0.25, 0.3) is 0 Å². The van der Waals surface area contributed by atoms with Gasteiger partial charge in [-0.25, -0.2) is 0 Å². The number of fused-ring (bicyclic) bond motifs is 1. The molecule has 0 aliphatic carbocycles. The number of amides is 2. The van der Waals surface area contributed by atoms with Gasteiger partial charge >= 0.3 is 5.97 Å². The summed E-state index contributed by atoms with van der Waals surface area (Å²) in [7, 11) is 0. The van der Waals surface area contributed by atoms with E-state index in [1.165, 1.54) is 4.90 Å². The Labute approximate surface area is 144 Å². The molecule has 0 aromatic heterocycles. The molecule has 3 heterocycles. The molecule has 0 radical (unpaired) electrons. The molecule has 2 N–H and O–H groups in total. The minimum absolute atomic E-state index is 0.144. The molecule has 25 heavy (non-hydrogen) atoms. The van der Waals surface area contributed by atoms with Gasteiger partial charge in [0.25, 0.3) is 0 Å². The molecule has 3 aliphatic heterocycles. The number of hydrogen-bond donors (Lipinski definition) is 1. The van der Waals surface area contributed by atoms with E-state index in [0.717, 1.165) is 5.56 Å². The second-order valence-electron chi connectivity index (χ2n) is 6.65. The zero-order valence-corrected chi connectivity index (χ0v) is 13.5. The van der Waals surface area contributed by atoms with Gasteiger partial charge < -0.3 is 20.1 Å². The van der Waals surface area contributed by atoms with Crippen molar-refractivity contribution in [1.29, 1.82) is 0 Å². The van der Waals surface area contributed by atoms with Crippen LogP contribution in [0.3, 0.4) is 0 Å². The third-order valence-corrected chi connectivity index (χ3v) is 5.02. The molecule has 2 fully saturated rings. The molecule has 0 saturated carbocycles. The van der Waals surface area contributed by atoms with Gasteiger partial charge in [-0.2, -0.15) is 0 Å². The van der Waals surface area contributed by atoms with E-state index in [9.17, 15) is 14.4 Å². The molecule has 3 aliphatic rings. The van der Waals surface area contributed by atoms with Crippen molar-refractivity contribution in [2.45, 2.75) is 18.3 Å². The minimum Gasteiger partial charge on any atom is -0.460 e. The number of rotatable bonds is 5. The molecule has 2 amide bonds. The lowest BCUT2D eigenvalue weighted by Crippen LogP contribution is -2.40. The van der Waals surface area contributed by atoms with Crippen LogP contribution < -0.4 is 5.73 Å². The van der Waals surface area contributed by atoms with Gasteiger partial charge in [0, 0.05) is 0 Å². The Hall–Kier alpha value is -2.67. The van der Waals surface area contributed by atoms with Crippen LogP contribution in [-0.4, -0.2) is 47.5 Å². The molecule has 2 saturated heterocycles. The fourth-order valence-corrected chi connectivity index (χ4v) is 3.99. The number of nitrogens with two attached hydrogens (primary N) is 1. The Morgan fingerprint density at radius 3 is 2.80 bits per heavy atom. The van der Waals surface area contributed by atoms with Gasteiger partial charge in [-0.3, -0.25) is 14.4 Å². The van der Waals surface area contributed by atoms with Crippen molar-refractivity contribution >= 4 is 17.8 Å². The largest absolute Gasteiger partial charge is 0.460 e. The Morgan fingerprint density at radius 2 is 2.08 bits per heavy atom. The monoisotopic (exact) mass is 342 g/mol. The zero-order chi connectivity index (χ0) is 17.6. The van der Waals surface area contributed by atoms with Crippen molar-refractivity contribution in [3.8, 4) is 0 Å². The quantitative estimate of drug-likeness (QED) is 0.600. The maximum absolute atomic E-state index is 12.7. The summed E-state index contributed by atoms with van der Waals surface area (Å²) < 4.78 is 11.3. The Morgan fingerprint density at radius 1 is 1.32 bits per heavy atom. The van der Waals surface area contributed by atoms with Gasteiger partial charge in [0.15, 0.2) is 0 Å². The lowest BCUT2D eigenvalue weighted by atomic mass is 9.77. The van der Waals surface area contributed by atoms with Crippen LogP contribution in [0, 0.1) is 11.8 Å². The van der Waals surface area contributed by atoms with Gasteiger partial charge in [-0.1, -0.05) is 42.5 Å². The average Bonchev–Trinajstić information content (AvgIpc) is 3.22. The van der Waals surface area contributed by atoms with Crippen LogP contribution in [0.15, 0.2) is 42.5 Å². The number of likely N-dealkylation sites (tertiary alicyclic amines) is 1. The highest BCUT2D eigenvalue weighted by Gasteiger charge is 2.67. The van der Waals surface area contributed by atoms with Gasteiger partial charge in [-0.15, -0.1) is 0 Å². The number of carbonyl (C=O) groups excluding carboxylic acids is 3. The summed E-state index contributed by atoms with van der Waals surface area (Å²) in [5.74, 6) is -2.69. The van der Waals surface area contributed by atoms with Gasteiger partial charge in [0.2, 0.25) is 11.8 Å². The van der Waals surface area contributed by atoms with Crippen LogP contribution in [-0.2, 0) is 30.5 Å². The van der Waals surface area contributed by atoms with Gasteiger partial charge in [-0.05, 0) is 5.56 Å². The first-order valence-electron chi connectivity index (χ1n) is 8.15. The Balaban J connectivity index is 1.51. The molecular weight excluding hydrogens is 324 g/mol. The third kappa shape index (κ3) is 2.51. The Kier molecular flexibility index (Phi) is 3.61. The number of hydrogen-bond acceptors (Lipinski definition) is 5. The second kappa shape index (κ2) is 5.70. The van der Waals surface area contributed by atoms with E-state index >= 15 is 0 Å². The molecule has 0 unspecified atom stereocenters. The number of benzene rings is 1. The maximum atomic E-state index is 12.7. The van der Waals surface area contributed by atoms with Crippen LogP contribution >= 0.6 is 0 Å². The van der Waals surface area contributed by atoms with Crippen molar-refractivity contribution in [1.82, 2.24) is 4.90 Å². The topological polar surface area (TPSA) is 98.9 Å². The van der Waals surface area contributed by atoms with E-state index in [1.54, 1.807) is 6.08 Å². The van der Waals surface area contributed by atoms with Gasteiger partial charge in [0.05, 0.1) is 25.1 Å².